The molecule has 1 spiro atoms. The average Bonchev–Trinajstić information content (AvgIpc) is 3.55. The number of nitrogens with zero attached hydrogens (tertiary/aromatic N) is 4. The summed E-state index contributed by atoms with van der Waals surface area (Å²) in [6.45, 7) is 2.60. The Morgan fingerprint density at radius 1 is 1.22 bits per heavy atom. The number of nitrogens with one attached hydrogen (secondary N) is 4. The quantitative estimate of drug-likeness (QED) is 0.140. The van der Waals surface area contributed by atoms with E-state index in [2.05, 4.69) is 32.8 Å². The third kappa shape index (κ3) is 5.47. The normalized spacial score (nSPS) is 28.1. The van der Waals surface area contributed by atoms with Crippen molar-refractivity contribution in [2.75, 3.05) is 33.3 Å². The number of aliphatic hydroxyl groups is 2. The van der Waals surface area contributed by atoms with Gasteiger partial charge in [0.1, 0.15) is 19.2 Å². The molecule has 248 valence electrons. The lowest BCUT2D eigenvalue weighted by Crippen LogP contribution is -2.78. The van der Waals surface area contributed by atoms with Crippen molar-refractivity contribution >= 4 is 64.7 Å². The van der Waals surface area contributed by atoms with E-state index >= 15 is 0 Å². The molecule has 6 rings (SSSR count). The SMILES string of the molecule is C=C1N[C@H]2[C@H](CN3C(=O)CN(C)C3=O)N=C(NC(=O)OCC(Cl)(Cl)Cl)N3C[C@H](NC(=O)c4cccc5c4CCCC5)C(O)(O)[C@]23N1. The first-order valence-corrected chi connectivity index (χ1v) is 15.8. The molecule has 0 unspecified atom stereocenters. The zero-order valence-corrected chi connectivity index (χ0v) is 27.0. The number of aryl methyl sites for hydroxylation is 1. The van der Waals surface area contributed by atoms with Crippen molar-refractivity contribution in [3.05, 3.63) is 47.3 Å². The van der Waals surface area contributed by atoms with E-state index in [1.807, 2.05) is 6.07 Å². The molecule has 3 fully saturated rings. The number of benzene rings is 1. The van der Waals surface area contributed by atoms with E-state index < -0.39 is 63.9 Å². The highest BCUT2D eigenvalue weighted by molar-refractivity contribution is 6.67. The Labute approximate surface area is 278 Å². The summed E-state index contributed by atoms with van der Waals surface area (Å²) >= 11 is 17.2. The van der Waals surface area contributed by atoms with Crippen molar-refractivity contribution in [1.82, 2.24) is 36.0 Å². The van der Waals surface area contributed by atoms with Crippen LogP contribution in [0.15, 0.2) is 35.6 Å². The van der Waals surface area contributed by atoms with Gasteiger partial charge in [0.15, 0.2) is 5.66 Å². The molecule has 5 amide bonds. The third-order valence-electron chi connectivity index (χ3n) is 9.01. The Morgan fingerprint density at radius 2 is 1.96 bits per heavy atom. The van der Waals surface area contributed by atoms with Crippen LogP contribution in [0.5, 0.6) is 0 Å². The van der Waals surface area contributed by atoms with Gasteiger partial charge in [-0.2, -0.15) is 0 Å². The van der Waals surface area contributed by atoms with Crippen LogP contribution in [0.3, 0.4) is 0 Å². The smallest absolute Gasteiger partial charge is 0.414 e. The van der Waals surface area contributed by atoms with Crippen LogP contribution in [0.2, 0.25) is 0 Å². The highest BCUT2D eigenvalue weighted by Crippen LogP contribution is 2.45. The summed E-state index contributed by atoms with van der Waals surface area (Å²) in [4.78, 5) is 60.3. The summed E-state index contributed by atoms with van der Waals surface area (Å²) in [6.07, 6.45) is 2.43. The highest BCUT2D eigenvalue weighted by atomic mass is 35.6. The summed E-state index contributed by atoms with van der Waals surface area (Å²) in [5.41, 5.74) is 0.508. The van der Waals surface area contributed by atoms with Gasteiger partial charge < -0.3 is 40.7 Å². The second-order valence-corrected chi connectivity index (χ2v) is 14.5. The maximum absolute atomic E-state index is 13.7. The number of hydrogen-bond acceptors (Lipinski definition) is 11. The number of amides is 5. The van der Waals surface area contributed by atoms with E-state index in [-0.39, 0.29) is 31.4 Å². The molecule has 1 aliphatic carbocycles. The molecule has 18 heteroatoms. The summed E-state index contributed by atoms with van der Waals surface area (Å²) in [5, 5.41) is 35.3. The molecule has 4 heterocycles. The number of hydrogen-bond donors (Lipinski definition) is 6. The fraction of sp³-hybridized carbons (Fsp3) is 0.536. The maximum Gasteiger partial charge on any atom is 0.414 e. The molecule has 15 nitrogen and oxygen atoms in total. The van der Waals surface area contributed by atoms with Crippen LogP contribution in [0.25, 0.3) is 0 Å². The first-order chi connectivity index (χ1) is 21.6. The maximum atomic E-state index is 13.7. The molecule has 1 aromatic carbocycles. The number of fused-ring (bicyclic) bond motifs is 1. The number of likely N-dealkylation sites (N-methyl/N-ethyl adjacent to an activating group) is 1. The van der Waals surface area contributed by atoms with E-state index in [0.717, 1.165) is 41.7 Å². The van der Waals surface area contributed by atoms with Gasteiger partial charge in [-0.1, -0.05) is 53.5 Å². The number of aliphatic imine (C=N–C) groups is 1. The van der Waals surface area contributed by atoms with E-state index in [1.54, 1.807) is 12.1 Å². The van der Waals surface area contributed by atoms with E-state index in [0.29, 0.717) is 5.56 Å². The molecule has 46 heavy (non-hydrogen) atoms. The van der Waals surface area contributed by atoms with Gasteiger partial charge in [0, 0.05) is 19.2 Å². The van der Waals surface area contributed by atoms with Crippen molar-refractivity contribution in [3.8, 4) is 0 Å². The fourth-order valence-electron chi connectivity index (χ4n) is 6.97. The zero-order valence-electron chi connectivity index (χ0n) is 24.7. The van der Waals surface area contributed by atoms with Gasteiger partial charge in [-0.15, -0.1) is 0 Å². The van der Waals surface area contributed by atoms with Crippen LogP contribution in [-0.2, 0) is 22.4 Å². The number of halogens is 3. The van der Waals surface area contributed by atoms with Gasteiger partial charge in [0.25, 0.3) is 5.91 Å². The molecule has 5 aliphatic rings. The first kappa shape index (κ1) is 32.4. The average molecular weight is 700 g/mol. The van der Waals surface area contributed by atoms with Gasteiger partial charge in [0.05, 0.1) is 24.4 Å². The summed E-state index contributed by atoms with van der Waals surface area (Å²) in [7, 11) is 1.47. The lowest BCUT2D eigenvalue weighted by molar-refractivity contribution is -0.231. The van der Waals surface area contributed by atoms with Crippen molar-refractivity contribution in [3.63, 3.8) is 0 Å². The van der Waals surface area contributed by atoms with Crippen LogP contribution < -0.4 is 21.3 Å². The molecular weight excluding hydrogens is 667 g/mol. The van der Waals surface area contributed by atoms with Gasteiger partial charge in [-0.05, 0) is 42.9 Å². The zero-order chi connectivity index (χ0) is 33.2. The lowest BCUT2D eigenvalue weighted by Gasteiger charge is -2.49. The molecule has 0 bridgehead atoms. The summed E-state index contributed by atoms with van der Waals surface area (Å²) < 4.78 is 3.12. The molecule has 0 saturated carbocycles. The van der Waals surface area contributed by atoms with Crippen LogP contribution in [0.4, 0.5) is 9.59 Å². The van der Waals surface area contributed by atoms with Crippen molar-refractivity contribution in [2.24, 2.45) is 4.99 Å². The molecule has 3 saturated heterocycles. The standard InChI is InChI=1S/C28H33Cl3N8O7/c1-14-32-21-18(10-38-20(40)12-37(2)25(38)43)33-23(35-24(42)46-13-26(29,30)31)39-11-19(28(44,45)27(21,39)36-14)34-22(41)17-9-5-7-15-6-3-4-8-16(15)17/h5,7,9,18-19,21,32,36,44-45H,1,3-4,6,8,10-13H2,2H3,(H,34,41)(H,33,35,42)/t18-,19-,21-,27-/m0/s1. The number of urea groups is 1. The minimum atomic E-state index is -2.74. The minimum absolute atomic E-state index is 0.148. The Bertz CT molecular complexity index is 1530. The van der Waals surface area contributed by atoms with Crippen molar-refractivity contribution in [1.29, 1.82) is 0 Å². The first-order valence-electron chi connectivity index (χ1n) is 14.6. The number of guanidine groups is 1. The molecule has 0 aromatic heterocycles. The number of ether oxygens (including phenoxy) is 1. The third-order valence-corrected chi connectivity index (χ3v) is 9.34. The Hall–Kier alpha value is -3.50. The Morgan fingerprint density at radius 3 is 2.65 bits per heavy atom. The van der Waals surface area contributed by atoms with Crippen LogP contribution in [0.1, 0.15) is 34.3 Å². The van der Waals surface area contributed by atoms with Gasteiger partial charge >= 0.3 is 12.1 Å². The van der Waals surface area contributed by atoms with E-state index in [4.69, 9.17) is 39.5 Å². The number of imide groups is 1. The van der Waals surface area contributed by atoms with Crippen LogP contribution in [-0.4, -0.2) is 121 Å². The van der Waals surface area contributed by atoms with Gasteiger partial charge in [-0.25, -0.2) is 14.6 Å². The van der Waals surface area contributed by atoms with Crippen molar-refractivity contribution in [2.45, 2.75) is 59.1 Å². The summed E-state index contributed by atoms with van der Waals surface area (Å²) in [6, 6.07) is 1.48. The van der Waals surface area contributed by atoms with Crippen LogP contribution in [0, 0.1) is 0 Å². The number of carbonyl (C=O) groups excluding carboxylic acids is 4. The molecule has 1 aromatic rings. The molecular formula is C28H33Cl3N8O7. The topological polar surface area (TPSA) is 188 Å². The number of alkyl carbamates (subject to hydrolysis) is 1. The monoisotopic (exact) mass is 698 g/mol. The van der Waals surface area contributed by atoms with Gasteiger partial charge in [0.2, 0.25) is 21.4 Å². The largest absolute Gasteiger partial charge is 0.445 e. The summed E-state index contributed by atoms with van der Waals surface area (Å²) in [5.74, 6) is -3.78. The molecule has 6 N–H and O–H groups in total. The van der Waals surface area contributed by atoms with E-state index in [9.17, 15) is 29.4 Å². The number of alkyl halides is 3. The molecule has 4 aliphatic heterocycles. The van der Waals surface area contributed by atoms with Crippen LogP contribution >= 0.6 is 34.8 Å². The minimum Gasteiger partial charge on any atom is -0.445 e. The highest BCUT2D eigenvalue weighted by Gasteiger charge is 2.74. The number of rotatable bonds is 5. The molecule has 4 atom stereocenters. The second-order valence-electron chi connectivity index (χ2n) is 12.0. The Balaban J connectivity index is 1.35. The Kier molecular flexibility index (Phi) is 8.20. The molecule has 0 radical (unpaired) electrons. The van der Waals surface area contributed by atoms with E-state index in [1.165, 1.54) is 16.8 Å². The van der Waals surface area contributed by atoms with Crippen molar-refractivity contribution < 1.29 is 34.1 Å². The predicted molar refractivity (Wildman–Crippen MR) is 166 cm³/mol. The predicted octanol–water partition coefficient (Wildman–Crippen LogP) is 0.118. The second kappa shape index (κ2) is 11.6. The number of carbonyl (C=O) groups is 4. The fourth-order valence-corrected chi connectivity index (χ4v) is 7.14. The van der Waals surface area contributed by atoms with Gasteiger partial charge in [-0.3, -0.25) is 19.8 Å². The lowest BCUT2D eigenvalue weighted by atomic mass is 9.84.